The first-order valence-electron chi connectivity index (χ1n) is 7.99. The number of nitrogens with zero attached hydrogens (tertiary/aromatic N) is 3. The number of hydrogen-bond acceptors (Lipinski definition) is 3. The predicted molar refractivity (Wildman–Crippen MR) is 101 cm³/mol. The number of hydrogen-bond donors (Lipinski definition) is 1. The van der Waals surface area contributed by atoms with Crippen LogP contribution < -0.4 is 10.2 Å². The van der Waals surface area contributed by atoms with Gasteiger partial charge in [0, 0.05) is 32.0 Å². The summed E-state index contributed by atoms with van der Waals surface area (Å²) in [6.45, 7) is 1.26. The first-order valence-corrected chi connectivity index (χ1v) is 8.37. The molecule has 1 N–H and O–H groups in total. The van der Waals surface area contributed by atoms with E-state index in [1.807, 2.05) is 55.6 Å². The maximum absolute atomic E-state index is 12.3. The van der Waals surface area contributed by atoms with Crippen molar-refractivity contribution in [2.75, 3.05) is 25.0 Å². The van der Waals surface area contributed by atoms with E-state index in [1.165, 1.54) is 0 Å². The Hall–Kier alpha value is -2.79. The summed E-state index contributed by atoms with van der Waals surface area (Å²) in [5.41, 5.74) is 2.36. The molecular weight excluding hydrogens is 336 g/mol. The zero-order valence-corrected chi connectivity index (χ0v) is 14.6. The maximum Gasteiger partial charge on any atom is 0.254 e. The van der Waals surface area contributed by atoms with Crippen molar-refractivity contribution in [2.45, 2.75) is 0 Å². The van der Waals surface area contributed by atoms with Gasteiger partial charge < -0.3 is 10.2 Å². The summed E-state index contributed by atoms with van der Waals surface area (Å²) in [5, 5.41) is 7.72. The van der Waals surface area contributed by atoms with Crippen molar-refractivity contribution in [3.8, 4) is 5.69 Å². The molecule has 6 heteroatoms. The summed E-state index contributed by atoms with van der Waals surface area (Å²) in [6, 6.07) is 17.4. The second-order valence-electron chi connectivity index (χ2n) is 5.64. The summed E-state index contributed by atoms with van der Waals surface area (Å²) in [5.74, 6) is -0.153. The molecule has 0 spiro atoms. The Morgan fingerprint density at radius 3 is 2.64 bits per heavy atom. The van der Waals surface area contributed by atoms with E-state index in [2.05, 4.69) is 15.3 Å². The number of para-hydroxylation sites is 2. The number of aromatic nitrogens is 2. The molecule has 3 aromatic rings. The molecule has 5 nitrogen and oxygen atoms in total. The van der Waals surface area contributed by atoms with Crippen LogP contribution >= 0.6 is 11.6 Å². The van der Waals surface area contributed by atoms with Gasteiger partial charge in [0.25, 0.3) is 5.91 Å². The van der Waals surface area contributed by atoms with Gasteiger partial charge in [0.1, 0.15) is 0 Å². The lowest BCUT2D eigenvalue weighted by molar-refractivity contribution is 0.0954. The van der Waals surface area contributed by atoms with Gasteiger partial charge >= 0.3 is 0 Å². The van der Waals surface area contributed by atoms with Gasteiger partial charge in [0.05, 0.1) is 22.5 Å². The fourth-order valence-electron chi connectivity index (χ4n) is 2.46. The van der Waals surface area contributed by atoms with E-state index >= 15 is 0 Å². The second-order valence-corrected chi connectivity index (χ2v) is 6.05. The van der Waals surface area contributed by atoms with Crippen molar-refractivity contribution >= 4 is 23.2 Å². The smallest absolute Gasteiger partial charge is 0.254 e. The molecule has 0 saturated carbocycles. The number of likely N-dealkylation sites (N-methyl/N-ethyl adjacent to an activating group) is 1. The van der Waals surface area contributed by atoms with Crippen LogP contribution in [-0.4, -0.2) is 35.8 Å². The molecule has 1 aromatic heterocycles. The standard InChI is InChI=1S/C19H19ClN4O/c1-23(16-7-3-2-4-8-16)12-11-21-19(25)15-13-22-24(14-15)18-10-6-5-9-17(18)20/h2-10,13-14H,11-12H2,1H3,(H,21,25). The molecule has 128 valence electrons. The molecular formula is C19H19ClN4O. The lowest BCUT2D eigenvalue weighted by atomic mass is 10.3. The molecule has 0 aliphatic heterocycles. The van der Waals surface area contributed by atoms with Crippen molar-refractivity contribution in [3.63, 3.8) is 0 Å². The molecule has 0 bridgehead atoms. The van der Waals surface area contributed by atoms with Crippen LogP contribution in [0.1, 0.15) is 10.4 Å². The molecule has 0 radical (unpaired) electrons. The molecule has 0 aliphatic rings. The van der Waals surface area contributed by atoms with Crippen LogP contribution in [0.25, 0.3) is 5.69 Å². The summed E-state index contributed by atoms with van der Waals surface area (Å²) in [6.07, 6.45) is 3.22. The Bertz CT molecular complexity index is 847. The summed E-state index contributed by atoms with van der Waals surface area (Å²) in [4.78, 5) is 14.4. The van der Waals surface area contributed by atoms with Crippen LogP contribution in [-0.2, 0) is 0 Å². The minimum Gasteiger partial charge on any atom is -0.373 e. The first kappa shape index (κ1) is 17.0. The minimum atomic E-state index is -0.153. The lowest BCUT2D eigenvalue weighted by Gasteiger charge is -2.19. The van der Waals surface area contributed by atoms with Crippen LogP contribution in [0.15, 0.2) is 67.0 Å². The average molecular weight is 355 g/mol. The molecule has 1 heterocycles. The SMILES string of the molecule is CN(CCNC(=O)c1cnn(-c2ccccc2Cl)c1)c1ccccc1. The molecule has 0 aliphatic carbocycles. The van der Waals surface area contributed by atoms with Gasteiger partial charge in [-0.15, -0.1) is 0 Å². The fourth-order valence-corrected chi connectivity index (χ4v) is 2.68. The van der Waals surface area contributed by atoms with E-state index in [0.717, 1.165) is 11.4 Å². The monoisotopic (exact) mass is 354 g/mol. The van der Waals surface area contributed by atoms with Crippen LogP contribution in [0.4, 0.5) is 5.69 Å². The van der Waals surface area contributed by atoms with Crippen LogP contribution in [0, 0.1) is 0 Å². The van der Waals surface area contributed by atoms with Gasteiger partial charge in [-0.3, -0.25) is 4.79 Å². The number of rotatable bonds is 6. The lowest BCUT2D eigenvalue weighted by Crippen LogP contribution is -2.32. The third-order valence-corrected chi connectivity index (χ3v) is 4.19. The van der Waals surface area contributed by atoms with E-state index in [-0.39, 0.29) is 5.91 Å². The predicted octanol–water partition coefficient (Wildman–Crippen LogP) is 3.39. The highest BCUT2D eigenvalue weighted by Gasteiger charge is 2.10. The number of anilines is 1. The van der Waals surface area contributed by atoms with Gasteiger partial charge in [0.2, 0.25) is 0 Å². The van der Waals surface area contributed by atoms with Crippen molar-refractivity contribution in [3.05, 3.63) is 77.6 Å². The molecule has 0 fully saturated rings. The Balaban J connectivity index is 1.57. The van der Waals surface area contributed by atoms with Crippen molar-refractivity contribution < 1.29 is 4.79 Å². The minimum absolute atomic E-state index is 0.153. The Morgan fingerprint density at radius 1 is 1.16 bits per heavy atom. The second kappa shape index (κ2) is 7.85. The van der Waals surface area contributed by atoms with Gasteiger partial charge in [-0.1, -0.05) is 41.9 Å². The molecule has 25 heavy (non-hydrogen) atoms. The Morgan fingerprint density at radius 2 is 1.88 bits per heavy atom. The molecule has 0 unspecified atom stereocenters. The largest absolute Gasteiger partial charge is 0.373 e. The molecule has 0 saturated heterocycles. The number of amides is 1. The maximum atomic E-state index is 12.3. The summed E-state index contributed by atoms with van der Waals surface area (Å²) in [7, 11) is 2.00. The van der Waals surface area contributed by atoms with Gasteiger partial charge in [0.15, 0.2) is 0 Å². The van der Waals surface area contributed by atoms with Crippen LogP contribution in [0.5, 0.6) is 0 Å². The first-order chi connectivity index (χ1) is 12.1. The number of carbonyl (C=O) groups is 1. The van der Waals surface area contributed by atoms with Crippen molar-refractivity contribution in [2.24, 2.45) is 0 Å². The third-order valence-electron chi connectivity index (χ3n) is 3.87. The summed E-state index contributed by atoms with van der Waals surface area (Å²) >= 11 is 6.16. The Kier molecular flexibility index (Phi) is 5.36. The quantitative estimate of drug-likeness (QED) is 0.738. The summed E-state index contributed by atoms with van der Waals surface area (Å²) < 4.78 is 1.60. The van der Waals surface area contributed by atoms with E-state index < -0.39 is 0 Å². The number of benzene rings is 2. The fraction of sp³-hybridized carbons (Fsp3) is 0.158. The van der Waals surface area contributed by atoms with Gasteiger partial charge in [-0.2, -0.15) is 5.10 Å². The van der Waals surface area contributed by atoms with Gasteiger partial charge in [-0.05, 0) is 24.3 Å². The number of carbonyl (C=O) groups excluding carboxylic acids is 1. The molecule has 0 atom stereocenters. The van der Waals surface area contributed by atoms with Crippen molar-refractivity contribution in [1.82, 2.24) is 15.1 Å². The highest BCUT2D eigenvalue weighted by atomic mass is 35.5. The van der Waals surface area contributed by atoms with Crippen LogP contribution in [0.2, 0.25) is 5.02 Å². The third kappa shape index (κ3) is 4.19. The average Bonchev–Trinajstić information content (AvgIpc) is 3.12. The van der Waals surface area contributed by atoms with E-state index in [0.29, 0.717) is 23.7 Å². The highest BCUT2D eigenvalue weighted by Crippen LogP contribution is 2.19. The normalized spacial score (nSPS) is 10.5. The van der Waals surface area contributed by atoms with Crippen LogP contribution in [0.3, 0.4) is 0 Å². The molecule has 2 aromatic carbocycles. The number of halogens is 1. The van der Waals surface area contributed by atoms with E-state index in [1.54, 1.807) is 23.1 Å². The zero-order chi connectivity index (χ0) is 17.6. The topological polar surface area (TPSA) is 50.2 Å². The highest BCUT2D eigenvalue weighted by molar-refractivity contribution is 6.32. The van der Waals surface area contributed by atoms with Crippen molar-refractivity contribution in [1.29, 1.82) is 0 Å². The number of nitrogens with one attached hydrogen (secondary N) is 1. The van der Waals surface area contributed by atoms with E-state index in [9.17, 15) is 4.79 Å². The zero-order valence-electron chi connectivity index (χ0n) is 13.9. The Labute approximate surface area is 151 Å². The van der Waals surface area contributed by atoms with E-state index in [4.69, 9.17) is 11.6 Å². The molecule has 1 amide bonds. The van der Waals surface area contributed by atoms with Gasteiger partial charge in [-0.25, -0.2) is 4.68 Å². The molecule has 3 rings (SSSR count).